The van der Waals surface area contributed by atoms with Crippen molar-refractivity contribution in [2.24, 2.45) is 11.8 Å². The Balaban J connectivity index is 1.77. The average molecular weight is 407 g/mol. The molecule has 160 valence electrons. The molecule has 1 aromatic rings. The molecule has 1 saturated carbocycles. The van der Waals surface area contributed by atoms with Gasteiger partial charge in [-0.3, -0.25) is 9.18 Å². The van der Waals surface area contributed by atoms with Crippen molar-refractivity contribution in [1.29, 1.82) is 0 Å². The van der Waals surface area contributed by atoms with E-state index in [4.69, 9.17) is 4.74 Å². The van der Waals surface area contributed by atoms with Crippen LogP contribution in [-0.4, -0.2) is 53.9 Å². The number of aliphatic carboxylic acids is 1. The molecule has 2 N–H and O–H groups in total. The van der Waals surface area contributed by atoms with Crippen LogP contribution in [0.25, 0.3) is 0 Å². The summed E-state index contributed by atoms with van der Waals surface area (Å²) in [6.07, 6.45) is 3.36. The zero-order valence-electron chi connectivity index (χ0n) is 17.1. The lowest BCUT2D eigenvalue weighted by Gasteiger charge is -2.41. The number of carboxylic acids is 1. The number of ether oxygens (including phenoxy) is 1. The van der Waals surface area contributed by atoms with Crippen LogP contribution in [0.3, 0.4) is 0 Å². The van der Waals surface area contributed by atoms with Crippen LogP contribution < -0.4 is 15.0 Å². The number of pyridine rings is 1. The summed E-state index contributed by atoms with van der Waals surface area (Å²) in [5.74, 6) is -0.352. The highest BCUT2D eigenvalue weighted by atomic mass is 19.1. The molecule has 0 unspecified atom stereocenters. The monoisotopic (exact) mass is 407 g/mol. The zero-order chi connectivity index (χ0) is 21.0. The molecule has 2 aliphatic rings. The number of amides is 1. The van der Waals surface area contributed by atoms with E-state index in [1.807, 2.05) is 0 Å². The smallest absolute Gasteiger partial charge is 0.329 e. The molecule has 1 aliphatic heterocycles. The van der Waals surface area contributed by atoms with Gasteiger partial charge in [0.15, 0.2) is 0 Å². The Bertz CT molecular complexity index is 743. The third-order valence-corrected chi connectivity index (χ3v) is 6.01. The molecule has 0 bridgehead atoms. The van der Waals surface area contributed by atoms with Crippen LogP contribution >= 0.6 is 0 Å². The molecule has 1 amide bonds. The second-order valence-corrected chi connectivity index (χ2v) is 8.07. The molecule has 0 radical (unpaired) electrons. The number of carbonyl (C=O) groups is 2. The lowest BCUT2D eigenvalue weighted by molar-refractivity contribution is -0.144. The predicted octanol–water partition coefficient (Wildman–Crippen LogP) is 3.04. The number of nitrogens with zero attached hydrogens (tertiary/aromatic N) is 2. The Labute approximate surface area is 170 Å². The standard InChI is InChI=1S/C21H30FN3O4/c1-3-21(4-2,20(27)28)24-18(26)16-7-8-17(25-11-15(12-25)9-10-22)19(23-16)29-13-14-5-6-14/h7-8,14-15H,3-6,9-13H2,1-2H3,(H,24,26)(H,27,28). The lowest BCUT2D eigenvalue weighted by atomic mass is 9.92. The number of halogens is 1. The van der Waals surface area contributed by atoms with Gasteiger partial charge >= 0.3 is 5.97 Å². The van der Waals surface area contributed by atoms with Crippen LogP contribution in [-0.2, 0) is 4.79 Å². The van der Waals surface area contributed by atoms with E-state index >= 15 is 0 Å². The first-order valence-corrected chi connectivity index (χ1v) is 10.4. The molecule has 8 heteroatoms. The maximum atomic E-state index is 12.7. The Kier molecular flexibility index (Phi) is 6.59. The van der Waals surface area contributed by atoms with Gasteiger partial charge < -0.3 is 20.1 Å². The van der Waals surface area contributed by atoms with Gasteiger partial charge in [0.05, 0.1) is 19.0 Å². The van der Waals surface area contributed by atoms with Gasteiger partial charge in [0.1, 0.15) is 11.2 Å². The Morgan fingerprint density at radius 1 is 1.28 bits per heavy atom. The first kappa shape index (κ1) is 21.3. The summed E-state index contributed by atoms with van der Waals surface area (Å²) in [5.41, 5.74) is -0.385. The lowest BCUT2D eigenvalue weighted by Crippen LogP contribution is -2.53. The Hall–Kier alpha value is -2.38. The van der Waals surface area contributed by atoms with E-state index < -0.39 is 17.4 Å². The number of carbonyl (C=O) groups excluding carboxylic acids is 1. The van der Waals surface area contributed by atoms with Crippen LogP contribution in [0.2, 0.25) is 0 Å². The first-order valence-electron chi connectivity index (χ1n) is 10.4. The van der Waals surface area contributed by atoms with Gasteiger partial charge in [0, 0.05) is 13.1 Å². The van der Waals surface area contributed by atoms with Crippen LogP contribution in [0.5, 0.6) is 5.88 Å². The molecule has 29 heavy (non-hydrogen) atoms. The second kappa shape index (κ2) is 8.97. The van der Waals surface area contributed by atoms with Crippen molar-refractivity contribution in [1.82, 2.24) is 10.3 Å². The summed E-state index contributed by atoms with van der Waals surface area (Å²) in [6.45, 7) is 5.18. The number of aromatic nitrogens is 1. The molecule has 2 fully saturated rings. The fraction of sp³-hybridized carbons (Fsp3) is 0.667. The molecule has 7 nitrogen and oxygen atoms in total. The van der Waals surface area contributed by atoms with Gasteiger partial charge in [-0.1, -0.05) is 13.8 Å². The summed E-state index contributed by atoms with van der Waals surface area (Å²) >= 11 is 0. The minimum atomic E-state index is -1.32. The van der Waals surface area contributed by atoms with Crippen LogP contribution in [0, 0.1) is 11.8 Å². The molecule has 1 aliphatic carbocycles. The minimum absolute atomic E-state index is 0.132. The third-order valence-electron chi connectivity index (χ3n) is 6.01. The molecule has 0 spiro atoms. The highest BCUT2D eigenvalue weighted by Gasteiger charge is 2.37. The van der Waals surface area contributed by atoms with E-state index in [9.17, 15) is 19.1 Å². The number of rotatable bonds is 11. The van der Waals surface area contributed by atoms with Crippen LogP contribution in [0.15, 0.2) is 12.1 Å². The Morgan fingerprint density at radius 2 is 1.97 bits per heavy atom. The normalized spacial score (nSPS) is 17.0. The van der Waals surface area contributed by atoms with Crippen molar-refractivity contribution < 1.29 is 23.8 Å². The van der Waals surface area contributed by atoms with E-state index in [-0.39, 0.29) is 25.2 Å². The summed E-state index contributed by atoms with van der Waals surface area (Å²) in [5, 5.41) is 12.2. The van der Waals surface area contributed by atoms with Gasteiger partial charge in [0.2, 0.25) is 5.88 Å². The predicted molar refractivity (Wildman–Crippen MR) is 107 cm³/mol. The topological polar surface area (TPSA) is 91.8 Å². The summed E-state index contributed by atoms with van der Waals surface area (Å²) in [4.78, 5) is 30.9. The van der Waals surface area contributed by atoms with Gasteiger partial charge in [-0.25, -0.2) is 9.78 Å². The van der Waals surface area contributed by atoms with Gasteiger partial charge in [-0.15, -0.1) is 0 Å². The van der Waals surface area contributed by atoms with Gasteiger partial charge in [-0.05, 0) is 56.1 Å². The molecule has 1 aromatic heterocycles. The SMILES string of the molecule is CCC(CC)(NC(=O)c1ccc(N2CC(CCF)C2)c(OCC2CC2)n1)C(=O)O. The summed E-state index contributed by atoms with van der Waals surface area (Å²) < 4.78 is 18.5. The van der Waals surface area contributed by atoms with E-state index in [2.05, 4.69) is 15.2 Å². The number of carboxylic acid groups (broad SMARTS) is 1. The van der Waals surface area contributed by atoms with Gasteiger partial charge in [0.25, 0.3) is 5.91 Å². The maximum absolute atomic E-state index is 12.7. The van der Waals surface area contributed by atoms with Crippen molar-refractivity contribution in [2.45, 2.75) is 51.5 Å². The number of alkyl halides is 1. The van der Waals surface area contributed by atoms with E-state index in [0.717, 1.165) is 31.6 Å². The van der Waals surface area contributed by atoms with Crippen molar-refractivity contribution in [3.05, 3.63) is 17.8 Å². The third kappa shape index (κ3) is 4.79. The van der Waals surface area contributed by atoms with Crippen molar-refractivity contribution in [3.8, 4) is 5.88 Å². The molecular formula is C21H30FN3O4. The quantitative estimate of drug-likeness (QED) is 0.586. The van der Waals surface area contributed by atoms with Crippen molar-refractivity contribution >= 4 is 17.6 Å². The highest BCUT2D eigenvalue weighted by Crippen LogP contribution is 2.35. The van der Waals surface area contributed by atoms with Crippen LogP contribution in [0.4, 0.5) is 10.1 Å². The Morgan fingerprint density at radius 3 is 2.52 bits per heavy atom. The molecular weight excluding hydrogens is 377 g/mol. The number of hydrogen-bond donors (Lipinski definition) is 2. The molecule has 2 heterocycles. The molecule has 0 atom stereocenters. The van der Waals surface area contributed by atoms with E-state index in [1.165, 1.54) is 0 Å². The van der Waals surface area contributed by atoms with Crippen LogP contribution in [0.1, 0.15) is 56.4 Å². The van der Waals surface area contributed by atoms with Crippen molar-refractivity contribution in [3.63, 3.8) is 0 Å². The van der Waals surface area contributed by atoms with Crippen molar-refractivity contribution in [2.75, 3.05) is 31.3 Å². The zero-order valence-corrected chi connectivity index (χ0v) is 17.1. The number of hydrogen-bond acceptors (Lipinski definition) is 5. The first-order chi connectivity index (χ1) is 13.9. The second-order valence-electron chi connectivity index (χ2n) is 8.07. The average Bonchev–Trinajstić information content (AvgIpc) is 3.51. The molecule has 0 aromatic carbocycles. The largest absolute Gasteiger partial charge is 0.480 e. The summed E-state index contributed by atoms with van der Waals surface area (Å²) in [7, 11) is 0. The van der Waals surface area contributed by atoms with Gasteiger partial charge in [-0.2, -0.15) is 0 Å². The van der Waals surface area contributed by atoms with E-state index in [1.54, 1.807) is 26.0 Å². The molecule has 3 rings (SSSR count). The minimum Gasteiger partial charge on any atom is -0.480 e. The maximum Gasteiger partial charge on any atom is 0.329 e. The molecule has 1 saturated heterocycles. The number of anilines is 1. The van der Waals surface area contributed by atoms with E-state index in [0.29, 0.717) is 30.7 Å². The fourth-order valence-electron chi connectivity index (χ4n) is 3.56. The number of nitrogens with one attached hydrogen (secondary N) is 1. The fourth-order valence-corrected chi connectivity index (χ4v) is 3.56. The summed E-state index contributed by atoms with van der Waals surface area (Å²) in [6, 6.07) is 3.38. The highest BCUT2D eigenvalue weighted by molar-refractivity contribution is 5.96.